The highest BCUT2D eigenvalue weighted by atomic mass is 19.1. The minimum atomic E-state index is -0.396. The van der Waals surface area contributed by atoms with E-state index in [4.69, 9.17) is 0 Å². The largest absolute Gasteiger partial charge is 0.324 e. The predicted octanol–water partition coefficient (Wildman–Crippen LogP) is 2.83. The summed E-state index contributed by atoms with van der Waals surface area (Å²) in [7, 11) is 0. The summed E-state index contributed by atoms with van der Waals surface area (Å²) in [5.41, 5.74) is 2.92. The van der Waals surface area contributed by atoms with Gasteiger partial charge < -0.3 is 4.57 Å². The average molecular weight is 351 g/mol. The van der Waals surface area contributed by atoms with Gasteiger partial charge in [0.25, 0.3) is 0 Å². The summed E-state index contributed by atoms with van der Waals surface area (Å²) >= 11 is 0. The first-order chi connectivity index (χ1) is 12.7. The highest BCUT2D eigenvalue weighted by Crippen LogP contribution is 2.21. The van der Waals surface area contributed by atoms with E-state index in [0.29, 0.717) is 12.4 Å². The van der Waals surface area contributed by atoms with Crippen molar-refractivity contribution in [3.8, 4) is 11.5 Å². The molecule has 0 aliphatic rings. The number of nitrogens with zero attached hydrogens (tertiary/aromatic N) is 7. The minimum absolute atomic E-state index is 0.232. The molecule has 0 unspecified atom stereocenters. The zero-order chi connectivity index (χ0) is 18.1. The van der Waals surface area contributed by atoms with Gasteiger partial charge in [-0.1, -0.05) is 13.3 Å². The van der Waals surface area contributed by atoms with Crippen LogP contribution in [0.3, 0.4) is 0 Å². The number of rotatable bonds is 5. The Morgan fingerprint density at radius 2 is 2.00 bits per heavy atom. The van der Waals surface area contributed by atoms with Crippen LogP contribution >= 0.6 is 0 Å². The number of aryl methyl sites for hydroxylation is 2. The number of fused-ring (bicyclic) bond motifs is 1. The molecule has 0 N–H and O–H groups in total. The molecule has 0 aromatic carbocycles. The normalized spacial score (nSPS) is 11.3. The van der Waals surface area contributed by atoms with E-state index in [2.05, 4.69) is 32.1 Å². The first-order valence-corrected chi connectivity index (χ1v) is 8.49. The third kappa shape index (κ3) is 2.73. The van der Waals surface area contributed by atoms with E-state index in [1.54, 1.807) is 24.7 Å². The van der Waals surface area contributed by atoms with Crippen LogP contribution in [0.2, 0.25) is 0 Å². The Hall–Kier alpha value is -3.16. The van der Waals surface area contributed by atoms with Gasteiger partial charge in [-0.05, 0) is 25.5 Å². The van der Waals surface area contributed by atoms with Crippen molar-refractivity contribution in [2.45, 2.75) is 33.2 Å². The van der Waals surface area contributed by atoms with Gasteiger partial charge in [-0.3, -0.25) is 9.38 Å². The molecule has 4 aromatic heterocycles. The second-order valence-corrected chi connectivity index (χ2v) is 6.05. The molecule has 0 radical (unpaired) electrons. The maximum Gasteiger partial charge on any atom is 0.179 e. The van der Waals surface area contributed by atoms with Crippen LogP contribution in [0.15, 0.2) is 36.9 Å². The predicted molar refractivity (Wildman–Crippen MR) is 94.0 cm³/mol. The standard InChI is InChI=1S/C18H18FN7/c1-3-5-15-14(22-10-16-24-23-12(2)26(15)16)11-25-9-8-21-18(25)17-13(19)6-4-7-20-17/h4,6-10H,3,5,11H2,1-2H3. The van der Waals surface area contributed by atoms with Gasteiger partial charge in [0.2, 0.25) is 0 Å². The van der Waals surface area contributed by atoms with Crippen molar-refractivity contribution in [3.63, 3.8) is 0 Å². The first-order valence-electron chi connectivity index (χ1n) is 8.49. The second-order valence-electron chi connectivity index (χ2n) is 6.05. The van der Waals surface area contributed by atoms with Gasteiger partial charge in [-0.2, -0.15) is 0 Å². The number of hydrogen-bond acceptors (Lipinski definition) is 5. The Balaban J connectivity index is 1.80. The van der Waals surface area contributed by atoms with E-state index in [9.17, 15) is 4.39 Å². The van der Waals surface area contributed by atoms with Crippen LogP contribution in [0.25, 0.3) is 17.2 Å². The van der Waals surface area contributed by atoms with Crippen molar-refractivity contribution in [1.29, 1.82) is 0 Å². The Morgan fingerprint density at radius 3 is 2.81 bits per heavy atom. The first kappa shape index (κ1) is 16.3. The fourth-order valence-electron chi connectivity index (χ4n) is 3.13. The molecular weight excluding hydrogens is 333 g/mol. The number of pyridine rings is 1. The minimum Gasteiger partial charge on any atom is -0.324 e. The maximum atomic E-state index is 14.1. The monoisotopic (exact) mass is 351 g/mol. The molecule has 0 saturated heterocycles. The van der Waals surface area contributed by atoms with Gasteiger partial charge >= 0.3 is 0 Å². The lowest BCUT2D eigenvalue weighted by atomic mass is 10.2. The molecule has 26 heavy (non-hydrogen) atoms. The van der Waals surface area contributed by atoms with E-state index < -0.39 is 5.82 Å². The van der Waals surface area contributed by atoms with Gasteiger partial charge in [-0.25, -0.2) is 14.4 Å². The third-order valence-corrected chi connectivity index (χ3v) is 4.28. The van der Waals surface area contributed by atoms with Crippen LogP contribution in [0, 0.1) is 12.7 Å². The van der Waals surface area contributed by atoms with E-state index in [0.717, 1.165) is 35.7 Å². The lowest BCUT2D eigenvalue weighted by Gasteiger charge is -2.13. The van der Waals surface area contributed by atoms with Crippen LogP contribution in [0.4, 0.5) is 4.39 Å². The maximum absolute atomic E-state index is 14.1. The van der Waals surface area contributed by atoms with Crippen LogP contribution < -0.4 is 0 Å². The van der Waals surface area contributed by atoms with Crippen molar-refractivity contribution in [1.82, 2.24) is 34.1 Å². The Morgan fingerprint density at radius 1 is 1.12 bits per heavy atom. The van der Waals surface area contributed by atoms with Gasteiger partial charge in [0.15, 0.2) is 17.3 Å². The van der Waals surface area contributed by atoms with E-state index in [1.807, 2.05) is 22.1 Å². The average Bonchev–Trinajstić information content (AvgIpc) is 3.24. The molecule has 0 amide bonds. The molecule has 8 heteroatoms. The third-order valence-electron chi connectivity index (χ3n) is 4.28. The zero-order valence-electron chi connectivity index (χ0n) is 14.6. The highest BCUT2D eigenvalue weighted by Gasteiger charge is 2.16. The van der Waals surface area contributed by atoms with E-state index in [-0.39, 0.29) is 5.69 Å². The molecule has 0 spiro atoms. The van der Waals surface area contributed by atoms with Gasteiger partial charge in [0.1, 0.15) is 11.5 Å². The zero-order valence-corrected chi connectivity index (χ0v) is 14.6. The summed E-state index contributed by atoms with van der Waals surface area (Å²) in [4.78, 5) is 13.0. The lowest BCUT2D eigenvalue weighted by molar-refractivity contribution is 0.621. The number of imidazole rings is 1. The summed E-state index contributed by atoms with van der Waals surface area (Å²) in [6.07, 6.45) is 8.55. The molecular formula is C18H18FN7. The van der Waals surface area contributed by atoms with Crippen LogP contribution in [0.5, 0.6) is 0 Å². The summed E-state index contributed by atoms with van der Waals surface area (Å²) in [5.74, 6) is 0.911. The van der Waals surface area contributed by atoms with Crippen LogP contribution in [-0.4, -0.2) is 34.1 Å². The van der Waals surface area contributed by atoms with Crippen LogP contribution in [0.1, 0.15) is 30.6 Å². The van der Waals surface area contributed by atoms with Crippen molar-refractivity contribution in [3.05, 3.63) is 59.9 Å². The van der Waals surface area contributed by atoms with Crippen molar-refractivity contribution in [2.75, 3.05) is 0 Å². The topological polar surface area (TPSA) is 73.8 Å². The fourth-order valence-corrected chi connectivity index (χ4v) is 3.13. The van der Waals surface area contributed by atoms with Crippen molar-refractivity contribution in [2.24, 2.45) is 0 Å². The van der Waals surface area contributed by atoms with Crippen LogP contribution in [-0.2, 0) is 13.0 Å². The Bertz CT molecular complexity index is 1070. The van der Waals surface area contributed by atoms with Gasteiger partial charge in [0.05, 0.1) is 18.4 Å². The summed E-state index contributed by atoms with van der Waals surface area (Å²) in [6.45, 7) is 4.51. The molecule has 4 aromatic rings. The van der Waals surface area contributed by atoms with Gasteiger partial charge in [0, 0.05) is 24.3 Å². The summed E-state index contributed by atoms with van der Waals surface area (Å²) in [5, 5.41) is 8.30. The van der Waals surface area contributed by atoms with Crippen molar-refractivity contribution >= 4 is 5.65 Å². The molecule has 0 aliphatic carbocycles. The summed E-state index contributed by atoms with van der Waals surface area (Å²) < 4.78 is 18.0. The molecule has 4 heterocycles. The smallest absolute Gasteiger partial charge is 0.179 e. The molecule has 0 aliphatic heterocycles. The molecule has 7 nitrogen and oxygen atoms in total. The number of hydrogen-bond donors (Lipinski definition) is 0. The highest BCUT2D eigenvalue weighted by molar-refractivity contribution is 5.50. The molecule has 0 saturated carbocycles. The van der Waals surface area contributed by atoms with E-state index >= 15 is 0 Å². The van der Waals surface area contributed by atoms with E-state index in [1.165, 1.54) is 6.07 Å². The summed E-state index contributed by atoms with van der Waals surface area (Å²) in [6, 6.07) is 2.95. The Labute approximate surface area is 149 Å². The quantitative estimate of drug-likeness (QED) is 0.553. The molecule has 0 atom stereocenters. The molecule has 4 rings (SSSR count). The molecule has 0 bridgehead atoms. The lowest BCUT2D eigenvalue weighted by Crippen LogP contribution is -2.11. The molecule has 132 valence electrons. The van der Waals surface area contributed by atoms with Crippen molar-refractivity contribution < 1.29 is 4.39 Å². The van der Waals surface area contributed by atoms with Gasteiger partial charge in [-0.15, -0.1) is 10.2 Å². The Kier molecular flexibility index (Phi) is 4.16. The number of aromatic nitrogens is 7. The second kappa shape index (κ2) is 6.62. The SMILES string of the molecule is CCCc1c(Cn2ccnc2-c2ncccc2F)ncc2nnc(C)n12. The number of halogens is 1. The fraction of sp³-hybridized carbons (Fsp3) is 0.278. The molecule has 0 fully saturated rings.